The van der Waals surface area contributed by atoms with Crippen LogP contribution in [-0.2, 0) is 9.53 Å². The number of amides is 1. The van der Waals surface area contributed by atoms with E-state index in [1.165, 1.54) is 12.1 Å². The number of halogens is 2. The fourth-order valence-electron chi connectivity index (χ4n) is 3.10. The van der Waals surface area contributed by atoms with Crippen molar-refractivity contribution in [3.8, 4) is 0 Å². The largest absolute Gasteiger partial charge is 0.401 e. The zero-order valence-corrected chi connectivity index (χ0v) is 13.7. The van der Waals surface area contributed by atoms with Gasteiger partial charge in [0.1, 0.15) is 11.6 Å². The first-order valence-corrected chi connectivity index (χ1v) is 8.25. The molecule has 7 heteroatoms. The van der Waals surface area contributed by atoms with Crippen LogP contribution in [-0.4, -0.2) is 25.2 Å². The van der Waals surface area contributed by atoms with Crippen LogP contribution < -0.4 is 16.8 Å². The van der Waals surface area contributed by atoms with Crippen molar-refractivity contribution in [1.82, 2.24) is 5.32 Å². The smallest absolute Gasteiger partial charge is 0.229 e. The summed E-state index contributed by atoms with van der Waals surface area (Å²) in [6.45, 7) is 1.02. The van der Waals surface area contributed by atoms with Gasteiger partial charge in [-0.2, -0.15) is 0 Å². The second-order valence-electron chi connectivity index (χ2n) is 6.36. The van der Waals surface area contributed by atoms with Gasteiger partial charge in [-0.15, -0.1) is 0 Å². The molecule has 1 unspecified atom stereocenters. The van der Waals surface area contributed by atoms with Crippen LogP contribution in [0.4, 0.5) is 8.78 Å². The molecule has 1 aromatic carbocycles. The monoisotopic (exact) mass is 349 g/mol. The van der Waals surface area contributed by atoms with Gasteiger partial charge in [0.15, 0.2) is 0 Å². The van der Waals surface area contributed by atoms with Gasteiger partial charge < -0.3 is 21.5 Å². The molecule has 1 saturated heterocycles. The third-order valence-electron chi connectivity index (χ3n) is 4.57. The summed E-state index contributed by atoms with van der Waals surface area (Å²) in [6.07, 6.45) is 3.47. The van der Waals surface area contributed by atoms with Crippen molar-refractivity contribution >= 4 is 11.6 Å². The second-order valence-corrected chi connectivity index (χ2v) is 6.36. The van der Waals surface area contributed by atoms with Crippen LogP contribution in [0.3, 0.4) is 0 Å². The van der Waals surface area contributed by atoms with Crippen molar-refractivity contribution in [3.05, 3.63) is 52.7 Å². The van der Waals surface area contributed by atoms with Gasteiger partial charge in [0.05, 0.1) is 30.7 Å². The Morgan fingerprint density at radius 3 is 2.56 bits per heavy atom. The van der Waals surface area contributed by atoms with Gasteiger partial charge in [-0.3, -0.25) is 4.79 Å². The highest BCUT2D eigenvalue weighted by atomic mass is 19.1. The van der Waals surface area contributed by atoms with Crippen molar-refractivity contribution in [2.45, 2.75) is 25.3 Å². The number of nitrogens with one attached hydrogen (secondary N) is 1. The number of ether oxygens (including phenoxy) is 1. The predicted molar refractivity (Wildman–Crippen MR) is 89.8 cm³/mol. The molecule has 0 saturated carbocycles. The molecule has 1 heterocycles. The lowest BCUT2D eigenvalue weighted by Gasteiger charge is -2.30. The van der Waals surface area contributed by atoms with E-state index in [-0.39, 0.29) is 23.2 Å². The lowest BCUT2D eigenvalue weighted by atomic mass is 9.85. The minimum Gasteiger partial charge on any atom is -0.401 e. The summed E-state index contributed by atoms with van der Waals surface area (Å²) in [5.74, 6) is -2.07. The summed E-state index contributed by atoms with van der Waals surface area (Å²) in [6, 6.07) is 3.60. The first-order valence-electron chi connectivity index (χ1n) is 8.25. The van der Waals surface area contributed by atoms with Crippen molar-refractivity contribution in [1.29, 1.82) is 0 Å². The summed E-state index contributed by atoms with van der Waals surface area (Å²) >= 11 is 0. The molecule has 0 aromatic heterocycles. The Bertz CT molecular complexity index is 722. The van der Waals surface area contributed by atoms with Gasteiger partial charge in [-0.05, 0) is 43.0 Å². The van der Waals surface area contributed by atoms with E-state index in [9.17, 15) is 13.6 Å². The number of carbonyl (C=O) groups excluding carboxylic acids is 1. The maximum Gasteiger partial charge on any atom is 0.229 e. The summed E-state index contributed by atoms with van der Waals surface area (Å²) in [4.78, 5) is 12.4. The molecule has 1 aliphatic carbocycles. The summed E-state index contributed by atoms with van der Waals surface area (Å²) in [5, 5.41) is 2.89. The molecular formula is C18H21F2N3O2. The van der Waals surface area contributed by atoms with Crippen LogP contribution >= 0.6 is 0 Å². The van der Waals surface area contributed by atoms with Gasteiger partial charge in [0.2, 0.25) is 5.91 Å². The van der Waals surface area contributed by atoms with Crippen LogP contribution in [0.15, 0.2) is 35.5 Å². The van der Waals surface area contributed by atoms with Gasteiger partial charge in [-0.25, -0.2) is 8.78 Å². The standard InChI is InChI=1S/C18H21F2N3O2/c19-13-5-2-6-14(20)16(13)15(21)7-10-3-1-4-12(17(10)22)18(24)23-11-8-25-9-11/h2,5-7,11-12H,1,3-4,8-9,21-22H2,(H,23,24)/b15-7-. The number of carbonyl (C=O) groups is 1. The molecule has 0 bridgehead atoms. The minimum atomic E-state index is -0.733. The highest BCUT2D eigenvalue weighted by molar-refractivity contribution is 5.82. The third-order valence-corrected chi connectivity index (χ3v) is 4.57. The Hall–Kier alpha value is -2.41. The fraction of sp³-hybridized carbons (Fsp3) is 0.389. The van der Waals surface area contributed by atoms with Crippen molar-refractivity contribution in [2.24, 2.45) is 17.4 Å². The molecule has 0 spiro atoms. The molecule has 1 fully saturated rings. The topological polar surface area (TPSA) is 90.4 Å². The van der Waals surface area contributed by atoms with Crippen LogP contribution in [0.25, 0.3) is 5.70 Å². The van der Waals surface area contributed by atoms with Crippen LogP contribution in [0, 0.1) is 17.6 Å². The SMILES string of the molecule is NC1=C(/C=C(\N)c2c(F)cccc2F)CCCC1C(=O)NC1COC1. The lowest BCUT2D eigenvalue weighted by molar-refractivity contribution is -0.128. The van der Waals surface area contributed by atoms with Gasteiger partial charge in [0.25, 0.3) is 0 Å². The van der Waals surface area contributed by atoms with Crippen LogP contribution in [0.2, 0.25) is 0 Å². The molecule has 134 valence electrons. The molecule has 5 N–H and O–H groups in total. The molecule has 1 amide bonds. The van der Waals surface area contributed by atoms with E-state index >= 15 is 0 Å². The second kappa shape index (κ2) is 7.23. The molecule has 1 aliphatic heterocycles. The number of hydrogen-bond acceptors (Lipinski definition) is 4. The van der Waals surface area contributed by atoms with Crippen LogP contribution in [0.1, 0.15) is 24.8 Å². The number of hydrogen-bond donors (Lipinski definition) is 3. The number of nitrogens with two attached hydrogens (primary N) is 2. The lowest BCUT2D eigenvalue weighted by Crippen LogP contribution is -2.51. The first-order chi connectivity index (χ1) is 12.0. The quantitative estimate of drug-likeness (QED) is 0.773. The van der Waals surface area contributed by atoms with Crippen molar-refractivity contribution in [3.63, 3.8) is 0 Å². The average Bonchev–Trinajstić information content (AvgIpc) is 2.52. The Morgan fingerprint density at radius 1 is 1.28 bits per heavy atom. The van der Waals surface area contributed by atoms with Crippen LogP contribution in [0.5, 0.6) is 0 Å². The summed E-state index contributed by atoms with van der Waals surface area (Å²) in [7, 11) is 0. The Kier molecular flexibility index (Phi) is 5.03. The Morgan fingerprint density at radius 2 is 1.96 bits per heavy atom. The minimum absolute atomic E-state index is 0.0267. The summed E-state index contributed by atoms with van der Waals surface area (Å²) in [5.41, 5.74) is 12.8. The van der Waals surface area contributed by atoms with E-state index in [2.05, 4.69) is 5.32 Å². The van der Waals surface area contributed by atoms with E-state index in [0.717, 1.165) is 18.6 Å². The third kappa shape index (κ3) is 3.66. The first kappa shape index (κ1) is 17.4. The molecule has 3 rings (SSSR count). The average molecular weight is 349 g/mol. The molecule has 5 nitrogen and oxygen atoms in total. The van der Waals surface area contributed by atoms with E-state index in [4.69, 9.17) is 16.2 Å². The highest BCUT2D eigenvalue weighted by Gasteiger charge is 2.30. The molecule has 2 aliphatic rings. The molecule has 25 heavy (non-hydrogen) atoms. The van der Waals surface area contributed by atoms with Gasteiger partial charge >= 0.3 is 0 Å². The van der Waals surface area contributed by atoms with Crippen molar-refractivity contribution in [2.75, 3.05) is 13.2 Å². The molecule has 1 aromatic rings. The molecule has 0 radical (unpaired) electrons. The zero-order chi connectivity index (χ0) is 18.0. The van der Waals surface area contributed by atoms with Gasteiger partial charge in [0, 0.05) is 11.4 Å². The highest BCUT2D eigenvalue weighted by Crippen LogP contribution is 2.30. The predicted octanol–water partition coefficient (Wildman–Crippen LogP) is 1.79. The van der Waals surface area contributed by atoms with E-state index in [1.54, 1.807) is 0 Å². The van der Waals surface area contributed by atoms with Crippen molar-refractivity contribution < 1.29 is 18.3 Å². The Balaban J connectivity index is 1.84. The number of allylic oxidation sites excluding steroid dienone is 2. The van der Waals surface area contributed by atoms with E-state index in [1.807, 2.05) is 0 Å². The van der Waals surface area contributed by atoms with Gasteiger partial charge in [-0.1, -0.05) is 6.07 Å². The van der Waals surface area contributed by atoms with E-state index in [0.29, 0.717) is 37.3 Å². The Labute approximate surface area is 144 Å². The number of benzene rings is 1. The normalized spacial score (nSPS) is 21.8. The molecule has 1 atom stereocenters. The maximum atomic E-state index is 13.9. The fourth-order valence-corrected chi connectivity index (χ4v) is 3.10. The zero-order valence-electron chi connectivity index (χ0n) is 13.7. The maximum absolute atomic E-state index is 13.9. The molecular weight excluding hydrogens is 328 g/mol. The summed E-state index contributed by atoms with van der Waals surface area (Å²) < 4.78 is 32.8. The number of rotatable bonds is 4. The van der Waals surface area contributed by atoms with E-state index < -0.39 is 17.6 Å².